The molecule has 3 aromatic rings. The van der Waals surface area contributed by atoms with Gasteiger partial charge in [0.2, 0.25) is 5.91 Å². The van der Waals surface area contributed by atoms with E-state index in [9.17, 15) is 9.59 Å². The predicted molar refractivity (Wildman–Crippen MR) is 125 cm³/mol. The standard InChI is InChI=1S/C23H29N7O2/c1-16(31)24-9-10-25-21-18-15-19(23(32)30-12-6-11-29(2)13-14-30)26-22(18)28-20(27-21)17-7-4-3-5-8-17/h3-5,7-8,15H,6,9-14H2,1-2H3,(H,24,31)(H2,25,26,27,28). The van der Waals surface area contributed by atoms with Crippen LogP contribution in [0.2, 0.25) is 0 Å². The Balaban J connectivity index is 1.65. The number of aromatic nitrogens is 3. The highest BCUT2D eigenvalue weighted by Gasteiger charge is 2.22. The molecule has 2 aromatic heterocycles. The van der Waals surface area contributed by atoms with Gasteiger partial charge in [0, 0.05) is 45.2 Å². The van der Waals surface area contributed by atoms with Gasteiger partial charge in [0.25, 0.3) is 5.91 Å². The molecule has 0 aliphatic carbocycles. The Bertz CT molecular complexity index is 1100. The molecule has 0 radical (unpaired) electrons. The van der Waals surface area contributed by atoms with Crippen molar-refractivity contribution in [2.45, 2.75) is 13.3 Å². The van der Waals surface area contributed by atoms with Crippen LogP contribution in [0.1, 0.15) is 23.8 Å². The molecule has 0 atom stereocenters. The number of aromatic amines is 1. The van der Waals surface area contributed by atoms with Crippen LogP contribution in [0, 0.1) is 0 Å². The first kappa shape index (κ1) is 21.8. The van der Waals surface area contributed by atoms with Crippen molar-refractivity contribution < 1.29 is 9.59 Å². The van der Waals surface area contributed by atoms with Crippen molar-refractivity contribution in [3.63, 3.8) is 0 Å². The molecule has 3 heterocycles. The van der Waals surface area contributed by atoms with Crippen LogP contribution in [0.4, 0.5) is 5.82 Å². The van der Waals surface area contributed by atoms with Crippen molar-refractivity contribution in [3.8, 4) is 11.4 Å². The molecule has 0 spiro atoms. The lowest BCUT2D eigenvalue weighted by molar-refractivity contribution is -0.118. The molecular weight excluding hydrogens is 406 g/mol. The lowest BCUT2D eigenvalue weighted by Crippen LogP contribution is -2.34. The van der Waals surface area contributed by atoms with E-state index in [1.165, 1.54) is 6.92 Å². The van der Waals surface area contributed by atoms with E-state index in [1.54, 1.807) is 0 Å². The van der Waals surface area contributed by atoms with Crippen molar-refractivity contribution >= 4 is 28.7 Å². The van der Waals surface area contributed by atoms with Crippen molar-refractivity contribution in [3.05, 3.63) is 42.1 Å². The summed E-state index contributed by atoms with van der Waals surface area (Å²) in [6.07, 6.45) is 0.955. The summed E-state index contributed by atoms with van der Waals surface area (Å²) >= 11 is 0. The highest BCUT2D eigenvalue weighted by Crippen LogP contribution is 2.26. The lowest BCUT2D eigenvalue weighted by atomic mass is 10.2. The van der Waals surface area contributed by atoms with E-state index in [2.05, 4.69) is 32.5 Å². The predicted octanol–water partition coefficient (Wildman–Crippen LogP) is 1.95. The van der Waals surface area contributed by atoms with E-state index < -0.39 is 0 Å². The molecule has 9 heteroatoms. The number of benzene rings is 1. The van der Waals surface area contributed by atoms with Gasteiger partial charge < -0.3 is 25.4 Å². The number of carbonyl (C=O) groups is 2. The third-order valence-electron chi connectivity index (χ3n) is 5.55. The summed E-state index contributed by atoms with van der Waals surface area (Å²) in [4.78, 5) is 41.1. The summed E-state index contributed by atoms with van der Waals surface area (Å²) in [6, 6.07) is 11.5. The van der Waals surface area contributed by atoms with Gasteiger partial charge in [-0.25, -0.2) is 9.97 Å². The van der Waals surface area contributed by atoms with Crippen LogP contribution in [0.25, 0.3) is 22.4 Å². The molecule has 0 bridgehead atoms. The van der Waals surface area contributed by atoms with Crippen LogP contribution in [0.3, 0.4) is 0 Å². The van der Waals surface area contributed by atoms with E-state index in [4.69, 9.17) is 4.98 Å². The minimum atomic E-state index is -0.0813. The van der Waals surface area contributed by atoms with E-state index in [0.29, 0.717) is 42.6 Å². The van der Waals surface area contributed by atoms with Crippen LogP contribution in [0.15, 0.2) is 36.4 Å². The van der Waals surface area contributed by atoms with E-state index in [1.807, 2.05) is 41.3 Å². The fourth-order valence-corrected chi connectivity index (χ4v) is 3.82. The zero-order valence-corrected chi connectivity index (χ0v) is 18.5. The molecule has 1 aliphatic heterocycles. The molecule has 0 saturated carbocycles. The molecule has 1 aromatic carbocycles. The number of fused-ring (bicyclic) bond motifs is 1. The lowest BCUT2D eigenvalue weighted by Gasteiger charge is -2.19. The summed E-state index contributed by atoms with van der Waals surface area (Å²) in [5.74, 6) is 1.09. The zero-order chi connectivity index (χ0) is 22.5. The van der Waals surface area contributed by atoms with Crippen LogP contribution < -0.4 is 10.6 Å². The summed E-state index contributed by atoms with van der Waals surface area (Å²) in [6.45, 7) is 5.76. The fraction of sp³-hybridized carbons (Fsp3) is 0.391. The Morgan fingerprint density at radius 2 is 1.88 bits per heavy atom. The fourth-order valence-electron chi connectivity index (χ4n) is 3.82. The first-order valence-corrected chi connectivity index (χ1v) is 10.9. The monoisotopic (exact) mass is 435 g/mol. The molecule has 32 heavy (non-hydrogen) atoms. The van der Waals surface area contributed by atoms with Crippen molar-refractivity contribution in [2.24, 2.45) is 0 Å². The number of H-pyrrole nitrogens is 1. The maximum Gasteiger partial charge on any atom is 0.270 e. The third kappa shape index (κ3) is 5.05. The smallest absolute Gasteiger partial charge is 0.270 e. The van der Waals surface area contributed by atoms with Gasteiger partial charge in [-0.3, -0.25) is 9.59 Å². The van der Waals surface area contributed by atoms with Crippen molar-refractivity contribution in [1.29, 1.82) is 0 Å². The number of hydrogen-bond donors (Lipinski definition) is 3. The maximum atomic E-state index is 13.2. The van der Waals surface area contributed by atoms with E-state index in [-0.39, 0.29) is 11.8 Å². The van der Waals surface area contributed by atoms with Gasteiger partial charge in [-0.1, -0.05) is 30.3 Å². The number of likely N-dealkylation sites (N-methyl/N-ethyl adjacent to an activating group) is 1. The van der Waals surface area contributed by atoms with Crippen LogP contribution >= 0.6 is 0 Å². The van der Waals surface area contributed by atoms with E-state index >= 15 is 0 Å². The first-order valence-electron chi connectivity index (χ1n) is 10.9. The number of rotatable bonds is 6. The number of anilines is 1. The van der Waals surface area contributed by atoms with E-state index in [0.717, 1.165) is 37.0 Å². The normalized spacial score (nSPS) is 14.9. The molecule has 4 rings (SSSR count). The topological polar surface area (TPSA) is 106 Å². The zero-order valence-electron chi connectivity index (χ0n) is 18.5. The number of hydrogen-bond acceptors (Lipinski definition) is 6. The van der Waals surface area contributed by atoms with Gasteiger partial charge in [0.1, 0.15) is 17.2 Å². The highest BCUT2D eigenvalue weighted by molar-refractivity contribution is 6.00. The van der Waals surface area contributed by atoms with Crippen LogP contribution in [0.5, 0.6) is 0 Å². The largest absolute Gasteiger partial charge is 0.368 e. The maximum absolute atomic E-state index is 13.2. The molecule has 0 unspecified atom stereocenters. The second-order valence-electron chi connectivity index (χ2n) is 8.07. The highest BCUT2D eigenvalue weighted by atomic mass is 16.2. The van der Waals surface area contributed by atoms with Gasteiger partial charge in [0.05, 0.1) is 5.39 Å². The second kappa shape index (κ2) is 9.78. The Labute approximate surface area is 187 Å². The third-order valence-corrected chi connectivity index (χ3v) is 5.55. The molecule has 9 nitrogen and oxygen atoms in total. The second-order valence-corrected chi connectivity index (χ2v) is 8.07. The molecule has 1 fully saturated rings. The van der Waals surface area contributed by atoms with Gasteiger partial charge in [-0.05, 0) is 26.1 Å². The minimum Gasteiger partial charge on any atom is -0.368 e. The molecule has 168 valence electrons. The summed E-state index contributed by atoms with van der Waals surface area (Å²) in [5.41, 5.74) is 2.00. The average Bonchev–Trinajstić information content (AvgIpc) is 3.11. The van der Waals surface area contributed by atoms with Gasteiger partial charge >= 0.3 is 0 Å². The average molecular weight is 436 g/mol. The molecule has 2 amide bonds. The molecule has 1 aliphatic rings. The summed E-state index contributed by atoms with van der Waals surface area (Å²) in [5, 5.41) is 6.80. The van der Waals surface area contributed by atoms with Crippen molar-refractivity contribution in [1.82, 2.24) is 30.1 Å². The molecular formula is C23H29N7O2. The summed E-state index contributed by atoms with van der Waals surface area (Å²) < 4.78 is 0. The first-order chi connectivity index (χ1) is 15.5. The molecule has 1 saturated heterocycles. The Morgan fingerprint density at radius 1 is 1.06 bits per heavy atom. The quantitative estimate of drug-likeness (QED) is 0.511. The summed E-state index contributed by atoms with van der Waals surface area (Å²) in [7, 11) is 2.08. The number of nitrogens with zero attached hydrogens (tertiary/aromatic N) is 4. The van der Waals surface area contributed by atoms with Gasteiger partial charge in [0.15, 0.2) is 5.82 Å². The Hall–Kier alpha value is -3.46. The van der Waals surface area contributed by atoms with Crippen molar-refractivity contribution in [2.75, 3.05) is 51.6 Å². The van der Waals surface area contributed by atoms with Gasteiger partial charge in [-0.15, -0.1) is 0 Å². The van der Waals surface area contributed by atoms with Crippen LogP contribution in [-0.2, 0) is 4.79 Å². The number of amides is 2. The number of nitrogens with one attached hydrogen (secondary N) is 3. The minimum absolute atomic E-state index is 0.0243. The molecule has 3 N–H and O–H groups in total. The Kier molecular flexibility index (Phi) is 6.65. The SMILES string of the molecule is CC(=O)NCCNc1nc(-c2ccccc2)nc2[nH]c(C(=O)N3CCCN(C)CC3)cc12. The van der Waals surface area contributed by atoms with Gasteiger partial charge in [-0.2, -0.15) is 0 Å². The van der Waals surface area contributed by atoms with Crippen LogP contribution in [-0.4, -0.2) is 82.9 Å². The number of carbonyl (C=O) groups excluding carboxylic acids is 2. The Morgan fingerprint density at radius 3 is 2.66 bits per heavy atom.